The van der Waals surface area contributed by atoms with Gasteiger partial charge in [0.05, 0.1) is 0 Å². The van der Waals surface area contributed by atoms with Gasteiger partial charge in [0.1, 0.15) is 0 Å². The summed E-state index contributed by atoms with van der Waals surface area (Å²) in [6, 6.07) is 80.4. The summed E-state index contributed by atoms with van der Waals surface area (Å²) in [6.45, 7) is 0. The van der Waals surface area contributed by atoms with Crippen molar-refractivity contribution in [1.29, 1.82) is 0 Å². The Kier molecular flexibility index (Phi) is 8.50. The zero-order valence-corrected chi connectivity index (χ0v) is 33.7. The highest BCUT2D eigenvalue weighted by molar-refractivity contribution is 6.22. The van der Waals surface area contributed by atoms with Crippen LogP contribution in [0.3, 0.4) is 0 Å². The second-order valence-electron chi connectivity index (χ2n) is 15.9. The molecular formula is C59H37N3. The minimum atomic E-state index is 0.634. The van der Waals surface area contributed by atoms with Gasteiger partial charge in [0.2, 0.25) is 0 Å². The zero-order valence-electron chi connectivity index (χ0n) is 33.7. The van der Waals surface area contributed by atoms with Gasteiger partial charge in [-0.25, -0.2) is 15.0 Å². The highest BCUT2D eigenvalue weighted by Crippen LogP contribution is 2.50. The molecule has 3 nitrogen and oxygen atoms in total. The van der Waals surface area contributed by atoms with E-state index >= 15 is 0 Å². The molecule has 0 bridgehead atoms. The molecule has 0 amide bonds. The van der Waals surface area contributed by atoms with Gasteiger partial charge in [0.15, 0.2) is 17.5 Å². The van der Waals surface area contributed by atoms with Crippen LogP contribution in [0.25, 0.3) is 122 Å². The molecule has 0 fully saturated rings. The molecule has 1 heterocycles. The molecule has 11 aromatic rings. The summed E-state index contributed by atoms with van der Waals surface area (Å²) in [4.78, 5) is 15.1. The summed E-state index contributed by atoms with van der Waals surface area (Å²) >= 11 is 0. The van der Waals surface area contributed by atoms with Crippen LogP contribution >= 0.6 is 0 Å². The van der Waals surface area contributed by atoms with Crippen LogP contribution in [-0.4, -0.2) is 15.0 Å². The van der Waals surface area contributed by atoms with E-state index in [-0.39, 0.29) is 0 Å². The van der Waals surface area contributed by atoms with Gasteiger partial charge in [0.25, 0.3) is 0 Å². The molecule has 1 aliphatic rings. The Morgan fingerprint density at radius 3 is 0.935 bits per heavy atom. The topological polar surface area (TPSA) is 38.7 Å². The number of fused-ring (bicyclic) bond motifs is 10. The van der Waals surface area contributed by atoms with Crippen LogP contribution in [0.1, 0.15) is 0 Å². The second-order valence-corrected chi connectivity index (χ2v) is 15.9. The van der Waals surface area contributed by atoms with Gasteiger partial charge >= 0.3 is 0 Å². The molecule has 1 aromatic heterocycles. The maximum Gasteiger partial charge on any atom is 0.164 e. The summed E-state index contributed by atoms with van der Waals surface area (Å²) in [5.41, 5.74) is 17.5. The average Bonchev–Trinajstić information content (AvgIpc) is 3.35. The largest absolute Gasteiger partial charge is 0.208 e. The normalized spacial score (nSPS) is 11.5. The first kappa shape index (κ1) is 35.7. The SMILES string of the molecule is c1ccc(-c2nc(-c3ccccc3)nc(-c3cccc(-c4c5ccccc5c(-c5ccc6c(c5)-c5ccccc5-c5ccccc5-c5ccccc5-6)c5ccccc45)c3)n2)cc1. The zero-order chi connectivity index (χ0) is 41.0. The average molecular weight is 788 g/mol. The Labute approximate surface area is 360 Å². The molecule has 62 heavy (non-hydrogen) atoms. The fraction of sp³-hybridized carbons (Fsp3) is 0. The molecule has 0 radical (unpaired) electrons. The lowest BCUT2D eigenvalue weighted by atomic mass is 9.79. The van der Waals surface area contributed by atoms with Crippen LogP contribution in [0.15, 0.2) is 224 Å². The van der Waals surface area contributed by atoms with Crippen molar-refractivity contribution in [2.75, 3.05) is 0 Å². The van der Waals surface area contributed by atoms with Gasteiger partial charge in [0, 0.05) is 16.7 Å². The third-order valence-electron chi connectivity index (χ3n) is 12.3. The molecule has 0 saturated carbocycles. The Hall–Kier alpha value is -8.27. The maximum absolute atomic E-state index is 5.08. The van der Waals surface area contributed by atoms with Crippen molar-refractivity contribution in [2.45, 2.75) is 0 Å². The van der Waals surface area contributed by atoms with Crippen LogP contribution in [0.2, 0.25) is 0 Å². The Balaban J connectivity index is 1.06. The molecule has 1 aliphatic carbocycles. The highest BCUT2D eigenvalue weighted by Gasteiger charge is 2.24. The number of hydrogen-bond donors (Lipinski definition) is 0. The molecule has 3 heteroatoms. The summed E-state index contributed by atoms with van der Waals surface area (Å²) in [7, 11) is 0. The molecule has 0 unspecified atom stereocenters. The van der Waals surface area contributed by atoms with E-state index < -0.39 is 0 Å². The fourth-order valence-electron chi connectivity index (χ4n) is 9.52. The molecule has 0 saturated heterocycles. The number of nitrogens with zero attached hydrogens (tertiary/aromatic N) is 3. The van der Waals surface area contributed by atoms with Gasteiger partial charge in [-0.05, 0) is 100 Å². The third kappa shape index (κ3) is 5.94. The van der Waals surface area contributed by atoms with E-state index in [1.807, 2.05) is 60.7 Å². The van der Waals surface area contributed by atoms with Gasteiger partial charge in [-0.1, -0.05) is 212 Å². The number of aromatic nitrogens is 3. The van der Waals surface area contributed by atoms with E-state index in [0.29, 0.717) is 17.5 Å². The van der Waals surface area contributed by atoms with Gasteiger partial charge in [-0.15, -0.1) is 0 Å². The molecule has 0 atom stereocenters. The van der Waals surface area contributed by atoms with Gasteiger partial charge in [-0.2, -0.15) is 0 Å². The Morgan fingerprint density at radius 2 is 0.500 bits per heavy atom. The smallest absolute Gasteiger partial charge is 0.164 e. The Morgan fingerprint density at radius 1 is 0.194 bits per heavy atom. The molecule has 12 rings (SSSR count). The van der Waals surface area contributed by atoms with Crippen molar-refractivity contribution in [1.82, 2.24) is 15.0 Å². The highest BCUT2D eigenvalue weighted by atomic mass is 15.0. The number of benzene rings is 10. The molecule has 10 aromatic carbocycles. The van der Waals surface area contributed by atoms with Crippen molar-refractivity contribution < 1.29 is 0 Å². The molecular weight excluding hydrogens is 751 g/mol. The van der Waals surface area contributed by atoms with E-state index in [4.69, 9.17) is 15.0 Å². The predicted molar refractivity (Wildman–Crippen MR) is 257 cm³/mol. The van der Waals surface area contributed by atoms with Crippen LogP contribution in [0, 0.1) is 0 Å². The van der Waals surface area contributed by atoms with Crippen molar-refractivity contribution in [2.24, 2.45) is 0 Å². The van der Waals surface area contributed by atoms with Gasteiger partial charge < -0.3 is 0 Å². The van der Waals surface area contributed by atoms with Crippen molar-refractivity contribution in [3.63, 3.8) is 0 Å². The minimum Gasteiger partial charge on any atom is -0.208 e. The monoisotopic (exact) mass is 787 g/mol. The van der Waals surface area contributed by atoms with Crippen LogP contribution in [0.4, 0.5) is 0 Å². The fourth-order valence-corrected chi connectivity index (χ4v) is 9.52. The van der Waals surface area contributed by atoms with E-state index in [9.17, 15) is 0 Å². The van der Waals surface area contributed by atoms with Crippen LogP contribution < -0.4 is 0 Å². The maximum atomic E-state index is 5.08. The van der Waals surface area contributed by atoms with E-state index in [0.717, 1.165) is 22.3 Å². The molecule has 288 valence electrons. The lowest BCUT2D eigenvalue weighted by Gasteiger charge is -2.24. The predicted octanol–water partition coefficient (Wildman–Crippen LogP) is 15.5. The number of hydrogen-bond acceptors (Lipinski definition) is 3. The van der Waals surface area contributed by atoms with Crippen LogP contribution in [0.5, 0.6) is 0 Å². The standard InChI is InChI=1S/C59H37N3/c1-3-18-38(19-4-1)57-60-58(39-20-5-2-6-21-39)62-59(61-57)42-23-17-22-40(36-42)55-50-30-13-15-32-52(50)56(53-33-16-14-31-51(53)55)41-34-35-49-47-28-10-9-26-45(47)43-24-7-8-25-44(43)46-27-11-12-29-48(46)54(49)37-41/h1-37H. The van der Waals surface area contributed by atoms with Crippen LogP contribution in [-0.2, 0) is 0 Å². The lowest BCUT2D eigenvalue weighted by Crippen LogP contribution is -2.00. The van der Waals surface area contributed by atoms with Crippen molar-refractivity contribution in [3.05, 3.63) is 224 Å². The summed E-state index contributed by atoms with van der Waals surface area (Å²) < 4.78 is 0. The third-order valence-corrected chi connectivity index (χ3v) is 12.3. The second kappa shape index (κ2) is 14.8. The van der Waals surface area contributed by atoms with E-state index in [1.54, 1.807) is 0 Å². The first-order valence-electron chi connectivity index (χ1n) is 21.1. The van der Waals surface area contributed by atoms with Crippen molar-refractivity contribution in [3.8, 4) is 101 Å². The molecule has 0 N–H and O–H groups in total. The van der Waals surface area contributed by atoms with E-state index in [1.165, 1.54) is 82.7 Å². The summed E-state index contributed by atoms with van der Waals surface area (Å²) in [5.74, 6) is 1.92. The summed E-state index contributed by atoms with van der Waals surface area (Å²) in [5, 5.41) is 4.79. The quantitative estimate of drug-likeness (QED) is 0.163. The van der Waals surface area contributed by atoms with E-state index in [2.05, 4.69) is 164 Å². The minimum absolute atomic E-state index is 0.634. The lowest BCUT2D eigenvalue weighted by molar-refractivity contribution is 1.07. The molecule has 0 spiro atoms. The molecule has 0 aliphatic heterocycles. The summed E-state index contributed by atoms with van der Waals surface area (Å²) in [6.07, 6.45) is 0. The van der Waals surface area contributed by atoms with Crippen molar-refractivity contribution >= 4 is 21.5 Å². The first-order chi connectivity index (χ1) is 30.8. The Bertz CT molecular complexity index is 3400. The number of rotatable bonds is 5. The van der Waals surface area contributed by atoms with Gasteiger partial charge in [-0.3, -0.25) is 0 Å². The first-order valence-corrected chi connectivity index (χ1v) is 21.1.